The number of hydrogen-bond donors (Lipinski definition) is 0. The van der Waals surface area contributed by atoms with Crippen molar-refractivity contribution in [1.29, 1.82) is 0 Å². The van der Waals surface area contributed by atoms with Gasteiger partial charge in [-0.1, -0.05) is 0 Å². The van der Waals surface area contributed by atoms with E-state index in [-0.39, 0.29) is 17.1 Å². The summed E-state index contributed by atoms with van der Waals surface area (Å²) in [6.07, 6.45) is 1.13. The van der Waals surface area contributed by atoms with E-state index >= 15 is 0 Å². The number of rotatable bonds is 3. The minimum atomic E-state index is -0.704. The number of hydrogen-bond acceptors (Lipinski definition) is 6. The fourth-order valence-corrected chi connectivity index (χ4v) is 2.49. The lowest BCUT2D eigenvalue weighted by Gasteiger charge is -2.21. The van der Waals surface area contributed by atoms with Gasteiger partial charge < -0.3 is 9.64 Å². The molecule has 9 heteroatoms. The molecule has 2 heterocycles. The second kappa shape index (κ2) is 5.51. The number of carbonyl (C=O) groups is 2. The fraction of sp³-hybridized carbons (Fsp3) is 0.583. The molecule has 0 aliphatic carbocycles. The zero-order valence-corrected chi connectivity index (χ0v) is 12.0. The normalized spacial score (nSPS) is 17.9. The summed E-state index contributed by atoms with van der Waals surface area (Å²) in [6.45, 7) is 1.87. The zero-order valence-electron chi connectivity index (χ0n) is 12.0. The van der Waals surface area contributed by atoms with Gasteiger partial charge in [0.1, 0.15) is 11.7 Å². The highest BCUT2D eigenvalue weighted by molar-refractivity contribution is 5.99. The number of aromatic nitrogens is 2. The van der Waals surface area contributed by atoms with Crippen LogP contribution in [0.4, 0.5) is 5.69 Å². The van der Waals surface area contributed by atoms with E-state index in [0.717, 1.165) is 0 Å². The molecule has 2 rings (SSSR count). The minimum Gasteiger partial charge on any atom is -0.467 e. The van der Waals surface area contributed by atoms with Gasteiger partial charge in [-0.2, -0.15) is 5.10 Å². The van der Waals surface area contributed by atoms with E-state index in [2.05, 4.69) is 9.84 Å². The van der Waals surface area contributed by atoms with Gasteiger partial charge in [-0.25, -0.2) is 4.79 Å². The standard InChI is InChI=1S/C12H16N4O5/c1-7-10(16(19)20)9(13-14(7)2)11(17)15-6-4-5-8(15)12(18)21-3/h8H,4-6H2,1-3H3/t8-/m0/s1. The van der Waals surface area contributed by atoms with Crippen molar-refractivity contribution in [3.63, 3.8) is 0 Å². The highest BCUT2D eigenvalue weighted by Gasteiger charge is 2.40. The van der Waals surface area contributed by atoms with E-state index in [9.17, 15) is 19.7 Å². The van der Waals surface area contributed by atoms with Gasteiger partial charge >= 0.3 is 11.7 Å². The summed E-state index contributed by atoms with van der Waals surface area (Å²) >= 11 is 0. The lowest BCUT2D eigenvalue weighted by Crippen LogP contribution is -2.41. The van der Waals surface area contributed by atoms with Crippen LogP contribution in [-0.2, 0) is 16.6 Å². The van der Waals surface area contributed by atoms with Crippen LogP contribution in [0.15, 0.2) is 0 Å². The SMILES string of the molecule is COC(=O)[C@@H]1CCCN1C(=O)c1nn(C)c(C)c1[N+](=O)[O-]. The molecule has 0 radical (unpaired) electrons. The van der Waals surface area contributed by atoms with E-state index in [1.54, 1.807) is 0 Å². The Kier molecular flexibility index (Phi) is 3.92. The number of esters is 1. The van der Waals surface area contributed by atoms with Crippen molar-refractivity contribution in [3.05, 3.63) is 21.5 Å². The maximum Gasteiger partial charge on any atom is 0.328 e. The summed E-state index contributed by atoms with van der Waals surface area (Å²) in [5, 5.41) is 15.1. The van der Waals surface area contributed by atoms with Gasteiger partial charge in [-0.15, -0.1) is 0 Å². The molecule has 1 amide bonds. The number of aryl methyl sites for hydroxylation is 1. The zero-order chi connectivity index (χ0) is 15.7. The molecule has 0 unspecified atom stereocenters. The van der Waals surface area contributed by atoms with E-state index in [1.807, 2.05) is 0 Å². The first kappa shape index (κ1) is 14.9. The summed E-state index contributed by atoms with van der Waals surface area (Å²) < 4.78 is 5.95. The van der Waals surface area contributed by atoms with E-state index in [0.29, 0.717) is 19.4 Å². The van der Waals surface area contributed by atoms with E-state index < -0.39 is 22.8 Å². The molecule has 1 aliphatic heterocycles. The van der Waals surface area contributed by atoms with Crippen LogP contribution in [0.25, 0.3) is 0 Å². The number of carbonyl (C=O) groups excluding carboxylic acids is 2. The van der Waals surface area contributed by atoms with Crippen molar-refractivity contribution >= 4 is 17.6 Å². The van der Waals surface area contributed by atoms with Crippen molar-refractivity contribution in [2.75, 3.05) is 13.7 Å². The number of nitrogens with zero attached hydrogens (tertiary/aromatic N) is 4. The Bertz CT molecular complexity index is 609. The summed E-state index contributed by atoms with van der Waals surface area (Å²) in [6, 6.07) is -0.704. The van der Waals surface area contributed by atoms with Crippen LogP contribution >= 0.6 is 0 Å². The van der Waals surface area contributed by atoms with Crippen molar-refractivity contribution in [1.82, 2.24) is 14.7 Å². The molecular weight excluding hydrogens is 280 g/mol. The van der Waals surface area contributed by atoms with Crippen molar-refractivity contribution < 1.29 is 19.2 Å². The van der Waals surface area contributed by atoms with Gasteiger partial charge in [-0.3, -0.25) is 19.6 Å². The van der Waals surface area contributed by atoms with E-state index in [4.69, 9.17) is 0 Å². The summed E-state index contributed by atoms with van der Waals surface area (Å²) in [7, 11) is 2.78. The van der Waals surface area contributed by atoms with Crippen LogP contribution in [0.3, 0.4) is 0 Å². The topological polar surface area (TPSA) is 108 Å². The van der Waals surface area contributed by atoms with Crippen molar-refractivity contribution in [3.8, 4) is 0 Å². The highest BCUT2D eigenvalue weighted by atomic mass is 16.6. The molecule has 1 saturated heterocycles. The minimum absolute atomic E-state index is 0.240. The van der Waals surface area contributed by atoms with E-state index in [1.165, 1.54) is 30.7 Å². The Hall–Kier alpha value is -2.45. The monoisotopic (exact) mass is 296 g/mol. The van der Waals surface area contributed by atoms with Gasteiger partial charge in [0.2, 0.25) is 5.69 Å². The number of methoxy groups -OCH3 is 1. The molecular formula is C12H16N4O5. The first-order valence-corrected chi connectivity index (χ1v) is 6.45. The summed E-state index contributed by atoms with van der Waals surface area (Å²) in [5.74, 6) is -1.13. The molecule has 114 valence electrons. The molecule has 0 saturated carbocycles. The van der Waals surface area contributed by atoms with Crippen LogP contribution in [0.1, 0.15) is 29.0 Å². The lowest BCUT2D eigenvalue weighted by atomic mass is 10.2. The molecule has 1 aromatic heterocycles. The smallest absolute Gasteiger partial charge is 0.328 e. The first-order valence-electron chi connectivity index (χ1n) is 6.45. The molecule has 1 atom stereocenters. The Balaban J connectivity index is 2.38. The maximum absolute atomic E-state index is 12.5. The van der Waals surface area contributed by atoms with Gasteiger partial charge in [0.05, 0.1) is 12.0 Å². The van der Waals surface area contributed by atoms with Gasteiger partial charge in [-0.05, 0) is 19.8 Å². The van der Waals surface area contributed by atoms with Crippen molar-refractivity contribution in [2.45, 2.75) is 25.8 Å². The van der Waals surface area contributed by atoms with Crippen LogP contribution in [0.5, 0.6) is 0 Å². The quantitative estimate of drug-likeness (QED) is 0.454. The Labute approximate surface area is 120 Å². The predicted octanol–water partition coefficient (Wildman–Crippen LogP) is 0.414. The maximum atomic E-state index is 12.5. The van der Waals surface area contributed by atoms with Crippen LogP contribution < -0.4 is 0 Å². The number of likely N-dealkylation sites (tertiary alicyclic amines) is 1. The third kappa shape index (κ3) is 2.46. The average molecular weight is 296 g/mol. The molecule has 0 N–H and O–H groups in total. The molecule has 21 heavy (non-hydrogen) atoms. The Morgan fingerprint density at radius 3 is 2.71 bits per heavy atom. The molecule has 0 spiro atoms. The predicted molar refractivity (Wildman–Crippen MR) is 70.7 cm³/mol. The Morgan fingerprint density at radius 1 is 1.48 bits per heavy atom. The summed E-state index contributed by atoms with van der Waals surface area (Å²) in [5.41, 5.74) is -0.272. The molecule has 1 aromatic rings. The van der Waals surface area contributed by atoms with Gasteiger partial charge in [0.25, 0.3) is 5.91 Å². The Morgan fingerprint density at radius 2 is 2.14 bits per heavy atom. The number of nitro groups is 1. The molecule has 1 aliphatic rings. The number of ether oxygens (including phenoxy) is 1. The second-order valence-corrected chi connectivity index (χ2v) is 4.84. The molecule has 0 bridgehead atoms. The van der Waals surface area contributed by atoms with Crippen LogP contribution in [0.2, 0.25) is 0 Å². The average Bonchev–Trinajstić information content (AvgIpc) is 3.03. The highest BCUT2D eigenvalue weighted by Crippen LogP contribution is 2.27. The van der Waals surface area contributed by atoms with Crippen LogP contribution in [-0.4, -0.2) is 51.2 Å². The first-order chi connectivity index (χ1) is 9.88. The lowest BCUT2D eigenvalue weighted by molar-refractivity contribution is -0.385. The number of amides is 1. The second-order valence-electron chi connectivity index (χ2n) is 4.84. The van der Waals surface area contributed by atoms with Crippen molar-refractivity contribution in [2.24, 2.45) is 7.05 Å². The molecule has 9 nitrogen and oxygen atoms in total. The summed E-state index contributed by atoms with van der Waals surface area (Å²) in [4.78, 5) is 36.0. The molecule has 0 aromatic carbocycles. The fourth-order valence-electron chi connectivity index (χ4n) is 2.49. The van der Waals surface area contributed by atoms with Crippen LogP contribution in [0, 0.1) is 17.0 Å². The third-order valence-electron chi connectivity index (χ3n) is 3.67. The molecule has 1 fully saturated rings. The largest absolute Gasteiger partial charge is 0.467 e. The van der Waals surface area contributed by atoms with Gasteiger partial charge in [0, 0.05) is 13.6 Å². The van der Waals surface area contributed by atoms with Gasteiger partial charge in [0.15, 0.2) is 0 Å². The third-order valence-corrected chi connectivity index (χ3v) is 3.67.